The predicted molar refractivity (Wildman–Crippen MR) is 76.7 cm³/mol. The molecule has 0 radical (unpaired) electrons. The lowest BCUT2D eigenvalue weighted by atomic mass is 10.0. The highest BCUT2D eigenvalue weighted by atomic mass is 16.4. The molecule has 0 rings (SSSR count). The summed E-state index contributed by atoms with van der Waals surface area (Å²) < 4.78 is 0. The molecule has 0 aliphatic heterocycles. The van der Waals surface area contributed by atoms with E-state index in [1.54, 1.807) is 7.05 Å². The Morgan fingerprint density at radius 3 is 2.14 bits per heavy atom. The Morgan fingerprint density at radius 2 is 1.67 bits per heavy atom. The van der Waals surface area contributed by atoms with Crippen molar-refractivity contribution in [2.45, 2.75) is 50.2 Å². The van der Waals surface area contributed by atoms with Crippen LogP contribution in [0.1, 0.15) is 19.8 Å². The number of hydrogen-bond donors (Lipinski definition) is 7. The molecule has 0 saturated heterocycles. The van der Waals surface area contributed by atoms with Crippen molar-refractivity contribution in [1.29, 1.82) is 0 Å². The summed E-state index contributed by atoms with van der Waals surface area (Å²) in [4.78, 5) is 11.2. The van der Waals surface area contributed by atoms with E-state index in [0.29, 0.717) is 19.4 Å². The molecule has 0 aromatic carbocycles. The molecule has 5 atom stereocenters. The van der Waals surface area contributed by atoms with Crippen molar-refractivity contribution in [2.24, 2.45) is 0 Å². The minimum atomic E-state index is -1.61. The first-order valence-electron chi connectivity index (χ1n) is 7.06. The molecule has 8 heteroatoms. The summed E-state index contributed by atoms with van der Waals surface area (Å²) in [6.07, 6.45) is -4.57. The molecule has 0 saturated carbocycles. The van der Waals surface area contributed by atoms with Crippen LogP contribution >= 0.6 is 0 Å². The third-order valence-electron chi connectivity index (χ3n) is 3.36. The molecule has 0 heterocycles. The second-order valence-corrected chi connectivity index (χ2v) is 5.10. The Morgan fingerprint density at radius 1 is 1.10 bits per heavy atom. The summed E-state index contributed by atoms with van der Waals surface area (Å²) in [6, 6.07) is -0.191. The molecule has 7 N–H and O–H groups in total. The van der Waals surface area contributed by atoms with E-state index in [0.717, 1.165) is 0 Å². The molecule has 126 valence electrons. The van der Waals surface area contributed by atoms with Crippen LogP contribution < -0.4 is 10.6 Å². The maximum absolute atomic E-state index is 11.2. The van der Waals surface area contributed by atoms with Crippen LogP contribution in [-0.2, 0) is 4.79 Å². The highest BCUT2D eigenvalue weighted by molar-refractivity contribution is 5.81. The van der Waals surface area contributed by atoms with Crippen LogP contribution in [0.3, 0.4) is 0 Å². The van der Waals surface area contributed by atoms with Gasteiger partial charge in [0.1, 0.15) is 24.1 Å². The van der Waals surface area contributed by atoms with E-state index < -0.39 is 31.0 Å². The summed E-state index contributed by atoms with van der Waals surface area (Å²) in [5.74, 6) is 0.0640. The van der Waals surface area contributed by atoms with Crippen LogP contribution in [0.15, 0.2) is 0 Å². The third-order valence-corrected chi connectivity index (χ3v) is 3.36. The van der Waals surface area contributed by atoms with E-state index in [-0.39, 0.29) is 18.4 Å². The highest BCUT2D eigenvalue weighted by Crippen LogP contribution is 2.04. The van der Waals surface area contributed by atoms with Crippen molar-refractivity contribution in [3.63, 3.8) is 0 Å². The van der Waals surface area contributed by atoms with Crippen LogP contribution in [0.5, 0.6) is 0 Å². The highest BCUT2D eigenvalue weighted by Gasteiger charge is 2.29. The summed E-state index contributed by atoms with van der Waals surface area (Å²) >= 11 is 0. The average molecular weight is 308 g/mol. The largest absolute Gasteiger partial charge is 0.394 e. The number of Topliss-reactive ketones (excluding diaryl/α,β-unsaturated/α-hetero) is 1. The Balaban J connectivity index is 3.88. The van der Waals surface area contributed by atoms with Gasteiger partial charge in [0.2, 0.25) is 0 Å². The Labute approximate surface area is 124 Å². The van der Waals surface area contributed by atoms with E-state index in [4.69, 9.17) is 10.2 Å². The molecular weight excluding hydrogens is 280 g/mol. The van der Waals surface area contributed by atoms with Gasteiger partial charge in [0.15, 0.2) is 0 Å². The number of rotatable bonds is 12. The van der Waals surface area contributed by atoms with Gasteiger partial charge in [-0.1, -0.05) is 0 Å². The zero-order valence-electron chi connectivity index (χ0n) is 12.6. The lowest BCUT2D eigenvalue weighted by Crippen LogP contribution is -2.49. The molecule has 0 fully saturated rings. The van der Waals surface area contributed by atoms with Crippen LogP contribution in [0.4, 0.5) is 0 Å². The molecule has 21 heavy (non-hydrogen) atoms. The number of aliphatic hydroxyl groups excluding tert-OH is 5. The van der Waals surface area contributed by atoms with Gasteiger partial charge in [0.25, 0.3) is 0 Å². The van der Waals surface area contributed by atoms with Gasteiger partial charge in [-0.25, -0.2) is 0 Å². The van der Waals surface area contributed by atoms with Gasteiger partial charge in [0, 0.05) is 6.54 Å². The van der Waals surface area contributed by atoms with Crippen LogP contribution in [0.25, 0.3) is 0 Å². The number of ketones is 1. The topological polar surface area (TPSA) is 142 Å². The maximum atomic E-state index is 11.2. The summed E-state index contributed by atoms with van der Waals surface area (Å²) in [5, 5.41) is 52.3. The quantitative estimate of drug-likeness (QED) is 0.189. The first kappa shape index (κ1) is 20.4. The van der Waals surface area contributed by atoms with Gasteiger partial charge < -0.3 is 36.2 Å². The van der Waals surface area contributed by atoms with Gasteiger partial charge in [0.05, 0.1) is 18.8 Å². The van der Waals surface area contributed by atoms with E-state index in [1.807, 2.05) is 0 Å². The lowest BCUT2D eigenvalue weighted by Gasteiger charge is -2.25. The SMILES string of the molecule is CNC(CCCNCC(O)C(O)C(O)C(O)CO)C(C)=O. The van der Waals surface area contributed by atoms with Gasteiger partial charge in [-0.05, 0) is 33.4 Å². The van der Waals surface area contributed by atoms with Crippen LogP contribution in [0.2, 0.25) is 0 Å². The van der Waals surface area contributed by atoms with E-state index in [9.17, 15) is 20.1 Å². The number of likely N-dealkylation sites (N-methyl/N-ethyl adjacent to an activating group) is 1. The number of carbonyl (C=O) groups excluding carboxylic acids is 1. The first-order chi connectivity index (χ1) is 9.84. The summed E-state index contributed by atoms with van der Waals surface area (Å²) in [7, 11) is 1.72. The summed E-state index contributed by atoms with van der Waals surface area (Å²) in [5.41, 5.74) is 0. The standard InChI is InChI=1S/C13H28N2O6/c1-8(17)9(14-2)4-3-5-15-6-10(18)12(20)13(21)11(19)7-16/h9-16,18-21H,3-7H2,1-2H3. The molecule has 5 unspecified atom stereocenters. The van der Waals surface area contributed by atoms with Crippen molar-refractivity contribution in [3.8, 4) is 0 Å². The number of aliphatic hydroxyl groups is 5. The molecule has 0 aliphatic carbocycles. The smallest absolute Gasteiger partial charge is 0.146 e. The minimum absolute atomic E-state index is 0.0284. The molecule has 8 nitrogen and oxygen atoms in total. The van der Waals surface area contributed by atoms with Crippen molar-refractivity contribution in [2.75, 3.05) is 26.7 Å². The van der Waals surface area contributed by atoms with E-state index >= 15 is 0 Å². The second kappa shape index (κ2) is 11.0. The van der Waals surface area contributed by atoms with E-state index in [1.165, 1.54) is 6.92 Å². The fourth-order valence-corrected chi connectivity index (χ4v) is 1.92. The average Bonchev–Trinajstić information content (AvgIpc) is 2.47. The number of nitrogens with one attached hydrogen (secondary N) is 2. The Hall–Kier alpha value is -0.610. The number of carbonyl (C=O) groups is 1. The lowest BCUT2D eigenvalue weighted by molar-refractivity contribution is -0.119. The normalized spacial score (nSPS) is 18.8. The Kier molecular flexibility index (Phi) is 10.7. The van der Waals surface area contributed by atoms with Gasteiger partial charge in [-0.15, -0.1) is 0 Å². The molecule has 0 aromatic heterocycles. The maximum Gasteiger partial charge on any atom is 0.146 e. The molecular formula is C13H28N2O6. The monoisotopic (exact) mass is 308 g/mol. The molecule has 0 aromatic rings. The van der Waals surface area contributed by atoms with Gasteiger partial charge >= 0.3 is 0 Å². The molecule has 0 aliphatic rings. The zero-order valence-corrected chi connectivity index (χ0v) is 12.6. The Bertz CT molecular complexity index is 292. The second-order valence-electron chi connectivity index (χ2n) is 5.10. The van der Waals surface area contributed by atoms with Crippen LogP contribution in [-0.4, -0.2) is 88.5 Å². The van der Waals surface area contributed by atoms with Crippen molar-refractivity contribution in [3.05, 3.63) is 0 Å². The van der Waals surface area contributed by atoms with Crippen molar-refractivity contribution in [1.82, 2.24) is 10.6 Å². The minimum Gasteiger partial charge on any atom is -0.394 e. The third kappa shape index (κ3) is 7.82. The zero-order chi connectivity index (χ0) is 16.4. The first-order valence-corrected chi connectivity index (χ1v) is 7.06. The molecule has 0 bridgehead atoms. The van der Waals surface area contributed by atoms with Crippen LogP contribution in [0, 0.1) is 0 Å². The summed E-state index contributed by atoms with van der Waals surface area (Å²) in [6.45, 7) is 1.38. The van der Waals surface area contributed by atoms with Crippen molar-refractivity contribution >= 4 is 5.78 Å². The predicted octanol–water partition coefficient (Wildman–Crippen LogP) is -3.03. The van der Waals surface area contributed by atoms with Gasteiger partial charge in [-0.2, -0.15) is 0 Å². The fraction of sp³-hybridized carbons (Fsp3) is 0.923. The number of hydrogen-bond acceptors (Lipinski definition) is 8. The molecule has 0 amide bonds. The van der Waals surface area contributed by atoms with Gasteiger partial charge in [-0.3, -0.25) is 4.79 Å². The van der Waals surface area contributed by atoms with E-state index in [2.05, 4.69) is 10.6 Å². The molecule has 0 spiro atoms. The fourth-order valence-electron chi connectivity index (χ4n) is 1.92. The van der Waals surface area contributed by atoms with Crippen molar-refractivity contribution < 1.29 is 30.3 Å².